The minimum Gasteiger partial charge on any atom is -0.354 e. The van der Waals surface area contributed by atoms with Gasteiger partial charge < -0.3 is 21.3 Å². The van der Waals surface area contributed by atoms with E-state index < -0.39 is 6.04 Å². The van der Waals surface area contributed by atoms with Gasteiger partial charge in [0.15, 0.2) is 0 Å². The molecule has 212 valence electrons. The van der Waals surface area contributed by atoms with Gasteiger partial charge >= 0.3 is 0 Å². The van der Waals surface area contributed by atoms with E-state index in [0.717, 1.165) is 35.2 Å². The van der Waals surface area contributed by atoms with Crippen molar-refractivity contribution in [3.05, 3.63) is 100 Å². The highest BCUT2D eigenvalue weighted by Gasteiger charge is 2.26. The number of hydrogen-bond donors (Lipinski definition) is 3. The second kappa shape index (κ2) is 13.4. The minimum atomic E-state index is -0.721. The number of rotatable bonds is 10. The summed E-state index contributed by atoms with van der Waals surface area (Å²) in [6, 6.07) is 20.8. The molecule has 4 N–H and O–H groups in total. The molecule has 3 aromatic rings. The Balaban J connectivity index is 1.32. The van der Waals surface area contributed by atoms with Crippen LogP contribution in [-0.2, 0) is 28.9 Å². The maximum Gasteiger partial charge on any atom is 0.258 e. The molecule has 1 heterocycles. The van der Waals surface area contributed by atoms with Crippen molar-refractivity contribution in [2.75, 3.05) is 24.5 Å². The summed E-state index contributed by atoms with van der Waals surface area (Å²) < 4.78 is 0. The number of benzene rings is 3. The molecule has 5 rings (SSSR count). The Kier molecular flexibility index (Phi) is 9.26. The van der Waals surface area contributed by atoms with Crippen molar-refractivity contribution in [3.63, 3.8) is 0 Å². The highest BCUT2D eigenvalue weighted by Crippen LogP contribution is 2.29. The number of aryl methyl sites for hydroxylation is 2. The SMILES string of the molecule is NCCCNC(=O)[C@@H](Cc1ccc2c(c1)CCCC2)NC(=O)CCN1C(=O)c2ccccc2C=Cc2ccccc21. The first kappa shape index (κ1) is 28.3. The van der Waals surface area contributed by atoms with E-state index in [1.807, 2.05) is 60.7 Å². The van der Waals surface area contributed by atoms with Gasteiger partial charge in [0.05, 0.1) is 5.69 Å². The number of carbonyl (C=O) groups excluding carboxylic acids is 3. The maximum atomic E-state index is 13.7. The van der Waals surface area contributed by atoms with Crippen LogP contribution in [0.4, 0.5) is 5.69 Å². The number of nitrogens with zero attached hydrogens (tertiary/aromatic N) is 1. The normalized spacial score (nSPS) is 14.7. The van der Waals surface area contributed by atoms with Gasteiger partial charge in [-0.1, -0.05) is 66.7 Å². The molecule has 0 saturated heterocycles. The number of carbonyl (C=O) groups is 3. The molecule has 0 fully saturated rings. The number of hydrogen-bond acceptors (Lipinski definition) is 4. The van der Waals surface area contributed by atoms with Crippen molar-refractivity contribution in [1.29, 1.82) is 0 Å². The van der Waals surface area contributed by atoms with E-state index in [-0.39, 0.29) is 30.7 Å². The van der Waals surface area contributed by atoms with E-state index in [0.29, 0.717) is 31.5 Å². The second-order valence-electron chi connectivity index (χ2n) is 10.8. The fraction of sp³-hybridized carbons (Fsp3) is 0.324. The van der Waals surface area contributed by atoms with Crippen molar-refractivity contribution in [3.8, 4) is 0 Å². The van der Waals surface area contributed by atoms with Crippen LogP contribution in [0.25, 0.3) is 12.2 Å². The molecule has 2 aliphatic rings. The molecule has 0 unspecified atom stereocenters. The zero-order valence-corrected chi connectivity index (χ0v) is 23.4. The molecule has 0 bridgehead atoms. The van der Waals surface area contributed by atoms with Crippen molar-refractivity contribution in [1.82, 2.24) is 10.6 Å². The van der Waals surface area contributed by atoms with E-state index in [2.05, 4.69) is 28.8 Å². The third kappa shape index (κ3) is 6.92. The summed E-state index contributed by atoms with van der Waals surface area (Å²) in [5, 5.41) is 5.88. The molecule has 41 heavy (non-hydrogen) atoms. The molecular formula is C34H38N4O3. The van der Waals surface area contributed by atoms with Gasteiger partial charge in [0, 0.05) is 31.5 Å². The number of nitrogens with two attached hydrogens (primary N) is 1. The van der Waals surface area contributed by atoms with Gasteiger partial charge in [-0.2, -0.15) is 0 Å². The first-order chi connectivity index (χ1) is 20.0. The van der Waals surface area contributed by atoms with E-state index in [1.165, 1.54) is 24.0 Å². The topological polar surface area (TPSA) is 105 Å². The Morgan fingerprint density at radius 3 is 2.46 bits per heavy atom. The van der Waals surface area contributed by atoms with Gasteiger partial charge in [-0.05, 0) is 78.6 Å². The average molecular weight is 551 g/mol. The quantitative estimate of drug-likeness (QED) is 0.328. The summed E-state index contributed by atoms with van der Waals surface area (Å²) in [4.78, 5) is 41.8. The predicted octanol–water partition coefficient (Wildman–Crippen LogP) is 4.28. The second-order valence-corrected chi connectivity index (χ2v) is 10.8. The zero-order valence-electron chi connectivity index (χ0n) is 23.4. The standard InChI is InChI=1S/C34H38N4O3/c35-19-7-20-36-33(40)30(23-24-14-15-25-8-1-2-11-28(25)22-24)37-32(39)18-21-38-31-13-6-4-10-27(31)17-16-26-9-3-5-12-29(26)34(38)41/h3-6,9-10,12-17,22,30H,1-2,7-8,11,18-21,23,35H2,(H,36,40)(H,37,39)/t30-/m1/s1. The summed E-state index contributed by atoms with van der Waals surface area (Å²) in [5.74, 6) is -0.662. The van der Waals surface area contributed by atoms with E-state index in [1.54, 1.807) is 4.90 Å². The molecule has 7 heteroatoms. The Bertz CT molecular complexity index is 1450. The van der Waals surface area contributed by atoms with Crippen LogP contribution >= 0.6 is 0 Å². The Morgan fingerprint density at radius 2 is 1.63 bits per heavy atom. The monoisotopic (exact) mass is 550 g/mol. The summed E-state index contributed by atoms with van der Waals surface area (Å²) in [6.45, 7) is 1.12. The molecule has 3 aromatic carbocycles. The van der Waals surface area contributed by atoms with E-state index in [4.69, 9.17) is 5.73 Å². The third-order valence-electron chi connectivity index (χ3n) is 7.85. The Morgan fingerprint density at radius 1 is 0.902 bits per heavy atom. The zero-order chi connectivity index (χ0) is 28.6. The van der Waals surface area contributed by atoms with Gasteiger partial charge in [-0.25, -0.2) is 0 Å². The lowest BCUT2D eigenvalue weighted by Crippen LogP contribution is -2.49. The molecular weight excluding hydrogens is 512 g/mol. The van der Waals surface area contributed by atoms with Crippen molar-refractivity contribution in [2.24, 2.45) is 5.73 Å². The van der Waals surface area contributed by atoms with Crippen molar-refractivity contribution < 1.29 is 14.4 Å². The van der Waals surface area contributed by atoms with E-state index in [9.17, 15) is 14.4 Å². The Hall–Kier alpha value is -4.23. The van der Waals surface area contributed by atoms with Crippen LogP contribution in [0.1, 0.15) is 63.9 Å². The first-order valence-electron chi connectivity index (χ1n) is 14.6. The van der Waals surface area contributed by atoms with Gasteiger partial charge in [0.2, 0.25) is 11.8 Å². The molecule has 1 aliphatic carbocycles. The summed E-state index contributed by atoms with van der Waals surface area (Å²) >= 11 is 0. The lowest BCUT2D eigenvalue weighted by molar-refractivity contribution is -0.128. The van der Waals surface area contributed by atoms with Gasteiger partial charge in [0.1, 0.15) is 6.04 Å². The predicted molar refractivity (Wildman–Crippen MR) is 164 cm³/mol. The van der Waals surface area contributed by atoms with Gasteiger partial charge in [-0.3, -0.25) is 14.4 Å². The average Bonchev–Trinajstić information content (AvgIpc) is 2.99. The molecule has 0 saturated carbocycles. The molecule has 1 atom stereocenters. The van der Waals surface area contributed by atoms with Crippen LogP contribution in [-0.4, -0.2) is 43.4 Å². The first-order valence-corrected chi connectivity index (χ1v) is 14.6. The van der Waals surface area contributed by atoms with Crippen LogP contribution in [0, 0.1) is 0 Å². The number of para-hydroxylation sites is 1. The number of fused-ring (bicyclic) bond motifs is 3. The molecule has 0 radical (unpaired) electrons. The molecule has 1 aliphatic heterocycles. The van der Waals surface area contributed by atoms with Crippen molar-refractivity contribution >= 4 is 35.6 Å². The lowest BCUT2D eigenvalue weighted by Gasteiger charge is -2.27. The fourth-order valence-corrected chi connectivity index (χ4v) is 5.64. The molecule has 7 nitrogen and oxygen atoms in total. The summed E-state index contributed by atoms with van der Waals surface area (Å²) in [7, 11) is 0. The minimum absolute atomic E-state index is 0.0583. The van der Waals surface area contributed by atoms with Gasteiger partial charge in [-0.15, -0.1) is 0 Å². The smallest absolute Gasteiger partial charge is 0.258 e. The number of anilines is 1. The van der Waals surface area contributed by atoms with Crippen LogP contribution in [0.3, 0.4) is 0 Å². The van der Waals surface area contributed by atoms with Gasteiger partial charge in [0.25, 0.3) is 5.91 Å². The molecule has 0 aromatic heterocycles. The van der Waals surface area contributed by atoms with Crippen LogP contribution in [0.2, 0.25) is 0 Å². The van der Waals surface area contributed by atoms with Crippen molar-refractivity contribution in [2.45, 2.75) is 51.0 Å². The molecule has 0 spiro atoms. The largest absolute Gasteiger partial charge is 0.354 e. The van der Waals surface area contributed by atoms with E-state index >= 15 is 0 Å². The number of nitrogens with one attached hydrogen (secondary N) is 2. The summed E-state index contributed by atoms with van der Waals surface area (Å²) in [6.07, 6.45) is 9.59. The lowest BCUT2D eigenvalue weighted by atomic mass is 9.89. The summed E-state index contributed by atoms with van der Waals surface area (Å²) in [5.41, 5.74) is 12.4. The van der Waals surface area contributed by atoms with Crippen LogP contribution in [0.5, 0.6) is 0 Å². The Labute approximate surface area is 241 Å². The van der Waals surface area contributed by atoms with Crippen LogP contribution in [0.15, 0.2) is 66.7 Å². The van der Waals surface area contributed by atoms with Crippen LogP contribution < -0.4 is 21.3 Å². The fourth-order valence-electron chi connectivity index (χ4n) is 5.64. The maximum absolute atomic E-state index is 13.7. The highest BCUT2D eigenvalue weighted by atomic mass is 16.2. The third-order valence-corrected chi connectivity index (χ3v) is 7.85. The molecule has 3 amide bonds. The number of amides is 3. The highest BCUT2D eigenvalue weighted by molar-refractivity contribution is 6.11.